The molecule has 0 saturated carbocycles. The lowest BCUT2D eigenvalue weighted by Gasteiger charge is -2.12. The van der Waals surface area contributed by atoms with Crippen LogP contribution in [-0.2, 0) is 16.2 Å². The minimum absolute atomic E-state index is 0.216. The van der Waals surface area contributed by atoms with Crippen LogP contribution in [-0.4, -0.2) is 24.1 Å². The van der Waals surface area contributed by atoms with Crippen LogP contribution in [0.15, 0.2) is 48.2 Å². The zero-order valence-electron chi connectivity index (χ0n) is 14.3. The van der Waals surface area contributed by atoms with E-state index in [-0.39, 0.29) is 5.70 Å². The summed E-state index contributed by atoms with van der Waals surface area (Å²) in [6.07, 6.45) is 1.36. The van der Waals surface area contributed by atoms with Gasteiger partial charge in [0.25, 0.3) is 0 Å². The molecule has 2 N–H and O–H groups in total. The largest absolute Gasteiger partial charge is 0.493 e. The molecule has 0 aliphatic heterocycles. The van der Waals surface area contributed by atoms with Gasteiger partial charge in [-0.25, -0.2) is 4.79 Å². The number of rotatable bonds is 7. The lowest BCUT2D eigenvalue weighted by atomic mass is 10.1. The molecular formula is C19H18INO5. The normalized spacial score (nSPS) is 11.0. The highest BCUT2D eigenvalue weighted by atomic mass is 127. The number of carboxylic acid groups (broad SMARTS) is 1. The van der Waals surface area contributed by atoms with Gasteiger partial charge in [-0.05, 0) is 64.1 Å². The molecule has 0 spiro atoms. The molecule has 7 heteroatoms. The van der Waals surface area contributed by atoms with Gasteiger partial charge < -0.3 is 19.9 Å². The maximum atomic E-state index is 11.2. The molecule has 0 radical (unpaired) electrons. The van der Waals surface area contributed by atoms with E-state index in [9.17, 15) is 9.59 Å². The second kappa shape index (κ2) is 9.23. The van der Waals surface area contributed by atoms with Crippen LogP contribution in [0.25, 0.3) is 6.08 Å². The molecule has 2 aromatic rings. The number of nitrogens with one attached hydrogen (secondary N) is 1. The number of ether oxygens (including phenoxy) is 2. The first-order chi connectivity index (χ1) is 12.4. The third kappa shape index (κ3) is 5.76. The molecule has 0 saturated heterocycles. The van der Waals surface area contributed by atoms with Crippen molar-refractivity contribution in [2.24, 2.45) is 0 Å². The second-order valence-electron chi connectivity index (χ2n) is 5.37. The number of halogens is 1. The van der Waals surface area contributed by atoms with Crippen LogP contribution < -0.4 is 14.8 Å². The van der Waals surface area contributed by atoms with Crippen molar-refractivity contribution in [3.8, 4) is 11.5 Å². The van der Waals surface area contributed by atoms with Crippen molar-refractivity contribution in [2.75, 3.05) is 7.11 Å². The smallest absolute Gasteiger partial charge is 0.352 e. The third-order valence-corrected chi connectivity index (χ3v) is 3.99. The summed E-state index contributed by atoms with van der Waals surface area (Å²) in [4.78, 5) is 22.3. The van der Waals surface area contributed by atoms with E-state index in [1.807, 2.05) is 24.3 Å². The van der Waals surface area contributed by atoms with Crippen LogP contribution in [0.4, 0.5) is 0 Å². The van der Waals surface area contributed by atoms with Gasteiger partial charge in [-0.15, -0.1) is 0 Å². The van der Waals surface area contributed by atoms with Gasteiger partial charge in [0.05, 0.1) is 7.11 Å². The van der Waals surface area contributed by atoms with Gasteiger partial charge >= 0.3 is 5.97 Å². The topological polar surface area (TPSA) is 84.9 Å². The fourth-order valence-electron chi connectivity index (χ4n) is 2.19. The van der Waals surface area contributed by atoms with Crippen molar-refractivity contribution < 1.29 is 24.2 Å². The number of hydrogen-bond donors (Lipinski definition) is 2. The minimum Gasteiger partial charge on any atom is -0.493 e. The van der Waals surface area contributed by atoms with E-state index in [4.69, 9.17) is 14.6 Å². The molecule has 0 aliphatic carbocycles. The lowest BCUT2D eigenvalue weighted by Crippen LogP contribution is -2.24. The minimum atomic E-state index is -1.22. The zero-order chi connectivity index (χ0) is 19.1. The van der Waals surface area contributed by atoms with Gasteiger partial charge in [-0.3, -0.25) is 4.79 Å². The molecule has 2 rings (SSSR count). The number of carbonyl (C=O) groups is 2. The van der Waals surface area contributed by atoms with Crippen molar-refractivity contribution in [1.29, 1.82) is 0 Å². The fourth-order valence-corrected chi connectivity index (χ4v) is 2.80. The van der Waals surface area contributed by atoms with E-state index in [1.165, 1.54) is 20.1 Å². The van der Waals surface area contributed by atoms with Gasteiger partial charge in [-0.1, -0.05) is 18.2 Å². The van der Waals surface area contributed by atoms with Crippen LogP contribution in [0.1, 0.15) is 18.1 Å². The molecule has 0 aromatic heterocycles. The molecule has 0 bridgehead atoms. The van der Waals surface area contributed by atoms with Crippen molar-refractivity contribution in [3.63, 3.8) is 0 Å². The second-order valence-corrected chi connectivity index (χ2v) is 6.62. The Morgan fingerprint density at radius 1 is 1.19 bits per heavy atom. The Kier molecular flexibility index (Phi) is 7.02. The Morgan fingerprint density at radius 3 is 2.58 bits per heavy atom. The highest BCUT2D eigenvalue weighted by Gasteiger charge is 2.11. The first-order valence-electron chi connectivity index (χ1n) is 7.67. The van der Waals surface area contributed by atoms with Crippen LogP contribution in [0.3, 0.4) is 0 Å². The monoisotopic (exact) mass is 467 g/mol. The number of carboxylic acids is 1. The summed E-state index contributed by atoms with van der Waals surface area (Å²) < 4.78 is 12.3. The number of amides is 1. The van der Waals surface area contributed by atoms with Gasteiger partial charge in [-0.2, -0.15) is 0 Å². The summed E-state index contributed by atoms with van der Waals surface area (Å²) in [5.41, 5.74) is 1.38. The number of hydrogen-bond acceptors (Lipinski definition) is 4. The Labute approximate surface area is 165 Å². The number of carbonyl (C=O) groups excluding carboxylic acids is 1. The van der Waals surface area contributed by atoms with Crippen LogP contribution in [0.5, 0.6) is 11.5 Å². The maximum absolute atomic E-state index is 11.2. The van der Waals surface area contributed by atoms with Crippen molar-refractivity contribution in [3.05, 3.63) is 62.9 Å². The van der Waals surface area contributed by atoms with E-state index < -0.39 is 11.9 Å². The Bertz CT molecular complexity index is 848. The predicted octanol–water partition coefficient (Wildman–Crippen LogP) is 3.44. The van der Waals surface area contributed by atoms with Gasteiger partial charge in [0.15, 0.2) is 11.5 Å². The molecule has 0 fully saturated rings. The number of aliphatic carboxylic acids is 1. The van der Waals surface area contributed by atoms with E-state index in [1.54, 1.807) is 18.2 Å². The van der Waals surface area contributed by atoms with E-state index in [0.29, 0.717) is 23.7 Å². The fraction of sp³-hybridized carbons (Fsp3) is 0.158. The summed E-state index contributed by atoms with van der Waals surface area (Å²) in [6, 6.07) is 13.0. The van der Waals surface area contributed by atoms with Crippen molar-refractivity contribution >= 4 is 40.5 Å². The Balaban J connectivity index is 2.20. The molecule has 0 atom stereocenters. The Hall–Kier alpha value is -2.55. The van der Waals surface area contributed by atoms with E-state index in [2.05, 4.69) is 27.9 Å². The van der Waals surface area contributed by atoms with Gasteiger partial charge in [0.2, 0.25) is 5.91 Å². The SMILES string of the molecule is COc1cc(C=C(NC(C)=O)C(=O)O)ccc1OCc1cccc(I)c1. The maximum Gasteiger partial charge on any atom is 0.352 e. The third-order valence-electron chi connectivity index (χ3n) is 3.32. The Morgan fingerprint density at radius 2 is 1.96 bits per heavy atom. The molecule has 0 heterocycles. The zero-order valence-corrected chi connectivity index (χ0v) is 16.4. The van der Waals surface area contributed by atoms with Crippen LogP contribution in [0, 0.1) is 3.57 Å². The van der Waals surface area contributed by atoms with Crippen molar-refractivity contribution in [1.82, 2.24) is 5.32 Å². The van der Waals surface area contributed by atoms with E-state index >= 15 is 0 Å². The first-order valence-corrected chi connectivity index (χ1v) is 8.75. The molecule has 136 valence electrons. The molecular weight excluding hydrogens is 449 g/mol. The highest BCUT2D eigenvalue weighted by Crippen LogP contribution is 2.29. The van der Waals surface area contributed by atoms with Gasteiger partial charge in [0.1, 0.15) is 12.3 Å². The molecule has 0 aliphatic rings. The summed E-state index contributed by atoms with van der Waals surface area (Å²) >= 11 is 2.24. The lowest BCUT2D eigenvalue weighted by molar-refractivity contribution is -0.134. The summed E-state index contributed by atoms with van der Waals surface area (Å²) in [5.74, 6) is -0.668. The molecule has 1 amide bonds. The predicted molar refractivity (Wildman–Crippen MR) is 106 cm³/mol. The first kappa shape index (κ1) is 19.8. The summed E-state index contributed by atoms with van der Waals surface area (Å²) in [5, 5.41) is 11.4. The molecule has 0 unspecified atom stereocenters. The number of benzene rings is 2. The van der Waals surface area contributed by atoms with E-state index in [0.717, 1.165) is 9.13 Å². The average Bonchev–Trinajstić information content (AvgIpc) is 2.59. The quantitative estimate of drug-likeness (QED) is 0.482. The highest BCUT2D eigenvalue weighted by molar-refractivity contribution is 14.1. The summed E-state index contributed by atoms with van der Waals surface area (Å²) in [7, 11) is 1.51. The van der Waals surface area contributed by atoms with Crippen molar-refractivity contribution in [2.45, 2.75) is 13.5 Å². The van der Waals surface area contributed by atoms with Crippen LogP contribution >= 0.6 is 22.6 Å². The van der Waals surface area contributed by atoms with Gasteiger partial charge in [0, 0.05) is 10.5 Å². The molecule has 6 nitrogen and oxygen atoms in total. The molecule has 2 aromatic carbocycles. The molecule has 26 heavy (non-hydrogen) atoms. The standard InChI is InChI=1S/C19H18INO5/c1-12(22)21-16(19(23)24)9-13-6-7-17(18(10-13)25-2)26-11-14-4-3-5-15(20)8-14/h3-10H,11H2,1-2H3,(H,21,22)(H,23,24). The average molecular weight is 467 g/mol. The van der Waals surface area contributed by atoms with Crippen LogP contribution in [0.2, 0.25) is 0 Å². The summed E-state index contributed by atoms with van der Waals surface area (Å²) in [6.45, 7) is 1.63. The number of methoxy groups -OCH3 is 1.